The lowest BCUT2D eigenvalue weighted by atomic mass is 9.98. The molecule has 0 atom stereocenters. The maximum absolute atomic E-state index is 12.8. The third-order valence-corrected chi connectivity index (χ3v) is 6.23. The van der Waals surface area contributed by atoms with E-state index in [1.54, 1.807) is 18.2 Å². The molecular weight excluding hydrogens is 503 g/mol. The molecule has 1 amide bonds. The number of hydrogen-bond acceptors (Lipinski definition) is 7. The summed E-state index contributed by atoms with van der Waals surface area (Å²) < 4.78 is 50.5. The van der Waals surface area contributed by atoms with Gasteiger partial charge in [-0.05, 0) is 35.2 Å². The summed E-state index contributed by atoms with van der Waals surface area (Å²) in [4.78, 5) is 15.0. The number of nitrogens with zero attached hydrogens (tertiary/aromatic N) is 4. The molecule has 2 N–H and O–H groups in total. The zero-order valence-corrected chi connectivity index (χ0v) is 21.4. The second kappa shape index (κ2) is 11.4. The molecule has 0 bridgehead atoms. The molecule has 12 heteroatoms. The van der Waals surface area contributed by atoms with Crippen molar-refractivity contribution < 1.29 is 32.5 Å². The monoisotopic (exact) mass is 533 g/mol. The number of halogens is 3. The van der Waals surface area contributed by atoms with Crippen molar-refractivity contribution in [1.82, 2.24) is 25.0 Å². The summed E-state index contributed by atoms with van der Waals surface area (Å²) in [5.41, 5.74) is 2.50. The van der Waals surface area contributed by atoms with Gasteiger partial charge in [-0.25, -0.2) is 0 Å². The van der Waals surface area contributed by atoms with Crippen molar-refractivity contribution in [1.29, 1.82) is 0 Å². The Labute approximate surface area is 218 Å². The number of phenols is 1. The highest BCUT2D eigenvalue weighted by Gasteiger charge is 2.30. The Morgan fingerprint density at radius 1 is 1.16 bits per heavy atom. The predicted molar refractivity (Wildman–Crippen MR) is 134 cm³/mol. The van der Waals surface area contributed by atoms with Crippen LogP contribution in [0.5, 0.6) is 11.5 Å². The summed E-state index contributed by atoms with van der Waals surface area (Å²) in [6.07, 6.45) is -4.59. The molecule has 1 fully saturated rings. The highest BCUT2D eigenvalue weighted by molar-refractivity contribution is 5.92. The van der Waals surface area contributed by atoms with E-state index < -0.39 is 18.6 Å². The molecule has 0 radical (unpaired) electrons. The van der Waals surface area contributed by atoms with Crippen molar-refractivity contribution in [2.45, 2.75) is 32.5 Å². The topological polar surface area (TPSA) is 102 Å². The number of ether oxygens (including phenoxy) is 2. The Hall–Kier alpha value is -3.64. The first-order chi connectivity index (χ1) is 18.1. The lowest BCUT2D eigenvalue weighted by Crippen LogP contribution is -2.35. The van der Waals surface area contributed by atoms with Crippen LogP contribution in [-0.4, -0.2) is 76.8 Å². The van der Waals surface area contributed by atoms with Crippen LogP contribution in [-0.2, 0) is 11.3 Å². The summed E-state index contributed by atoms with van der Waals surface area (Å²) in [7, 11) is 1.49. The number of benzene rings is 2. The van der Waals surface area contributed by atoms with E-state index in [0.717, 1.165) is 24.2 Å². The van der Waals surface area contributed by atoms with Gasteiger partial charge in [0.05, 0.1) is 25.9 Å². The van der Waals surface area contributed by atoms with Crippen molar-refractivity contribution in [2.75, 3.05) is 40.0 Å². The van der Waals surface area contributed by atoms with E-state index >= 15 is 0 Å². The largest absolute Gasteiger partial charge is 0.507 e. The van der Waals surface area contributed by atoms with Gasteiger partial charge >= 0.3 is 6.18 Å². The van der Waals surface area contributed by atoms with Gasteiger partial charge in [0.25, 0.3) is 5.91 Å². The Morgan fingerprint density at radius 3 is 2.45 bits per heavy atom. The SMILES string of the molecule is COc1cc(O)c(-c2nnc(C(=O)NCC(F)(F)F)n2-c2ccc(CN3CCOCC3)cc2)cc1C(C)C. The normalized spacial score (nSPS) is 14.6. The average Bonchev–Trinajstić information content (AvgIpc) is 3.32. The molecule has 4 rings (SSSR count). The van der Waals surface area contributed by atoms with Crippen LogP contribution in [0.15, 0.2) is 36.4 Å². The molecule has 2 heterocycles. The minimum atomic E-state index is -4.59. The third kappa shape index (κ3) is 6.25. The molecule has 1 aliphatic rings. The molecule has 1 aromatic heterocycles. The van der Waals surface area contributed by atoms with Gasteiger partial charge in [0.15, 0.2) is 5.82 Å². The number of nitrogens with one attached hydrogen (secondary N) is 1. The zero-order valence-electron chi connectivity index (χ0n) is 21.4. The molecule has 0 saturated carbocycles. The number of carbonyl (C=O) groups excluding carboxylic acids is 1. The molecule has 3 aromatic rings. The third-order valence-electron chi connectivity index (χ3n) is 6.23. The average molecular weight is 534 g/mol. The number of aromatic hydroxyl groups is 1. The van der Waals surface area contributed by atoms with Crippen LogP contribution in [0.1, 0.15) is 41.5 Å². The molecular formula is C26H30F3N5O4. The fourth-order valence-electron chi connectivity index (χ4n) is 4.27. The number of rotatable bonds is 8. The summed E-state index contributed by atoms with van der Waals surface area (Å²) in [6, 6.07) is 10.4. The van der Waals surface area contributed by atoms with Crippen LogP contribution >= 0.6 is 0 Å². The Bertz CT molecular complexity index is 1270. The van der Waals surface area contributed by atoms with E-state index in [0.29, 0.717) is 31.2 Å². The quantitative estimate of drug-likeness (QED) is 0.453. The van der Waals surface area contributed by atoms with Gasteiger partial charge in [-0.15, -0.1) is 10.2 Å². The van der Waals surface area contributed by atoms with E-state index in [1.807, 2.05) is 31.3 Å². The molecule has 204 valence electrons. The number of phenolic OH excluding ortho intramolecular Hbond substituents is 1. The molecule has 0 spiro atoms. The lowest BCUT2D eigenvalue weighted by molar-refractivity contribution is -0.123. The number of hydrogen-bond donors (Lipinski definition) is 2. The van der Waals surface area contributed by atoms with Crippen molar-refractivity contribution in [2.24, 2.45) is 0 Å². The number of methoxy groups -OCH3 is 1. The fraction of sp³-hybridized carbons (Fsp3) is 0.423. The van der Waals surface area contributed by atoms with E-state index in [1.165, 1.54) is 17.7 Å². The number of alkyl halides is 3. The standard InChI is InChI=1S/C26H30F3N5O4/c1-16(2)19-12-20(21(35)13-22(19)37-3)23-31-32-24(25(36)30-15-26(27,28)29)34(23)18-6-4-17(5-7-18)14-33-8-10-38-11-9-33/h4-7,12-13,16,35H,8-11,14-15H2,1-3H3,(H,30,36). The van der Waals surface area contributed by atoms with Gasteiger partial charge in [-0.1, -0.05) is 26.0 Å². The van der Waals surface area contributed by atoms with Crippen LogP contribution < -0.4 is 10.1 Å². The predicted octanol–water partition coefficient (Wildman–Crippen LogP) is 3.90. The molecule has 1 saturated heterocycles. The van der Waals surface area contributed by atoms with Gasteiger partial charge < -0.3 is 19.9 Å². The first kappa shape index (κ1) is 27.4. The van der Waals surface area contributed by atoms with Gasteiger partial charge in [0, 0.05) is 31.4 Å². The van der Waals surface area contributed by atoms with E-state index in [4.69, 9.17) is 9.47 Å². The zero-order chi connectivity index (χ0) is 27.4. The van der Waals surface area contributed by atoms with Crippen LogP contribution in [0.3, 0.4) is 0 Å². The van der Waals surface area contributed by atoms with Crippen LogP contribution in [0.4, 0.5) is 13.2 Å². The maximum atomic E-state index is 12.8. The highest BCUT2D eigenvalue weighted by Crippen LogP contribution is 2.38. The van der Waals surface area contributed by atoms with E-state index in [2.05, 4.69) is 15.1 Å². The second-order valence-corrected chi connectivity index (χ2v) is 9.30. The molecule has 2 aromatic carbocycles. The molecule has 9 nitrogen and oxygen atoms in total. The first-order valence-electron chi connectivity index (χ1n) is 12.2. The minimum absolute atomic E-state index is 0.0229. The Morgan fingerprint density at radius 2 is 1.84 bits per heavy atom. The molecule has 38 heavy (non-hydrogen) atoms. The maximum Gasteiger partial charge on any atom is 0.405 e. The van der Waals surface area contributed by atoms with Crippen LogP contribution in [0, 0.1) is 0 Å². The lowest BCUT2D eigenvalue weighted by Gasteiger charge is -2.26. The van der Waals surface area contributed by atoms with Crippen molar-refractivity contribution in [3.8, 4) is 28.6 Å². The second-order valence-electron chi connectivity index (χ2n) is 9.30. The molecule has 0 aliphatic carbocycles. The highest BCUT2D eigenvalue weighted by atomic mass is 19.4. The Kier molecular flexibility index (Phi) is 8.22. The molecule has 1 aliphatic heterocycles. The smallest absolute Gasteiger partial charge is 0.405 e. The molecule has 0 unspecified atom stereocenters. The number of aromatic nitrogens is 3. The van der Waals surface area contributed by atoms with Gasteiger partial charge in [0.1, 0.15) is 18.0 Å². The summed E-state index contributed by atoms with van der Waals surface area (Å²) in [5, 5.41) is 20.7. The summed E-state index contributed by atoms with van der Waals surface area (Å²) >= 11 is 0. The summed E-state index contributed by atoms with van der Waals surface area (Å²) in [6.45, 7) is 6.06. The minimum Gasteiger partial charge on any atom is -0.507 e. The number of morpholine rings is 1. The number of carbonyl (C=O) groups is 1. The van der Waals surface area contributed by atoms with Gasteiger partial charge in [-0.2, -0.15) is 13.2 Å². The Balaban J connectivity index is 1.76. The van der Waals surface area contributed by atoms with E-state index in [9.17, 15) is 23.1 Å². The van der Waals surface area contributed by atoms with Crippen LogP contribution in [0.25, 0.3) is 17.1 Å². The van der Waals surface area contributed by atoms with Crippen LogP contribution in [0.2, 0.25) is 0 Å². The van der Waals surface area contributed by atoms with Gasteiger partial charge in [-0.3, -0.25) is 14.3 Å². The summed E-state index contributed by atoms with van der Waals surface area (Å²) in [5.74, 6) is -0.962. The van der Waals surface area contributed by atoms with Crippen molar-refractivity contribution >= 4 is 5.91 Å². The van der Waals surface area contributed by atoms with Gasteiger partial charge in [0.2, 0.25) is 5.82 Å². The first-order valence-corrected chi connectivity index (χ1v) is 12.2. The fourth-order valence-corrected chi connectivity index (χ4v) is 4.27. The van der Waals surface area contributed by atoms with Crippen molar-refractivity contribution in [3.05, 3.63) is 53.3 Å². The number of amides is 1. The van der Waals surface area contributed by atoms with E-state index in [-0.39, 0.29) is 28.9 Å². The van der Waals surface area contributed by atoms with Crippen molar-refractivity contribution in [3.63, 3.8) is 0 Å².